The molecule has 5 heterocycles. The molecule has 0 spiro atoms. The fourth-order valence-electron chi connectivity index (χ4n) is 7.94. The number of fused-ring (bicyclic) bond motifs is 2. The van der Waals surface area contributed by atoms with E-state index in [4.69, 9.17) is 33.2 Å². The molecule has 1 N–H and O–H groups in total. The Morgan fingerprint density at radius 2 is 1.28 bits per heavy atom. The van der Waals surface area contributed by atoms with Crippen molar-refractivity contribution in [1.29, 1.82) is 0 Å². The number of aliphatic hydroxyl groups is 1. The minimum absolute atomic E-state index is 0.0918. The van der Waals surface area contributed by atoms with Crippen LogP contribution in [-0.2, 0) is 66.7 Å². The normalized spacial score (nSPS) is 30.4. The van der Waals surface area contributed by atoms with Gasteiger partial charge in [-0.25, -0.2) is 24.1 Å². The zero-order chi connectivity index (χ0) is 44.2. The Labute approximate surface area is 341 Å². The van der Waals surface area contributed by atoms with Crippen LogP contribution in [0.3, 0.4) is 0 Å². The summed E-state index contributed by atoms with van der Waals surface area (Å²) in [5, 5.41) is 10.6. The molecule has 0 aromatic rings. The van der Waals surface area contributed by atoms with E-state index < -0.39 is 53.4 Å². The molecule has 1 amide bonds. The van der Waals surface area contributed by atoms with Crippen molar-refractivity contribution < 1.29 is 71.8 Å². The number of hydrogen-bond acceptors (Lipinski definition) is 17. The molecule has 4 saturated heterocycles. The van der Waals surface area contributed by atoms with Gasteiger partial charge in [0.1, 0.15) is 30.5 Å². The molecule has 0 bridgehead atoms. The minimum atomic E-state index is -1.14. The van der Waals surface area contributed by atoms with Gasteiger partial charge in [0.2, 0.25) is 6.41 Å². The summed E-state index contributed by atoms with van der Waals surface area (Å²) in [4.78, 5) is 75.8. The third-order valence-electron chi connectivity index (χ3n) is 10.6. The molecular weight excluding hydrogens is 762 g/mol. The van der Waals surface area contributed by atoms with Gasteiger partial charge in [0.15, 0.2) is 11.6 Å². The summed E-state index contributed by atoms with van der Waals surface area (Å²) < 4.78 is 41.6. The molecule has 0 aliphatic carbocycles. The van der Waals surface area contributed by atoms with E-state index >= 15 is 0 Å². The van der Waals surface area contributed by atoms with Gasteiger partial charge in [-0.2, -0.15) is 0 Å². The maximum Gasteiger partial charge on any atom is 0.335 e. The highest BCUT2D eigenvalue weighted by molar-refractivity contribution is 5.93. The Morgan fingerprint density at radius 1 is 0.759 bits per heavy atom. The number of rotatable bonds is 8. The summed E-state index contributed by atoms with van der Waals surface area (Å²) in [6.07, 6.45) is 0.438. The number of nitrogens with zero attached hydrogens (tertiary/aromatic N) is 3. The van der Waals surface area contributed by atoms with E-state index in [1.807, 2.05) is 67.2 Å². The zero-order valence-corrected chi connectivity index (χ0v) is 36.6. The molecule has 58 heavy (non-hydrogen) atoms. The topological polar surface area (TPSA) is 206 Å². The van der Waals surface area contributed by atoms with Crippen molar-refractivity contribution in [3.05, 3.63) is 11.8 Å². The number of carbonyl (C=O) groups excluding carboxylic acids is 6. The fourth-order valence-corrected chi connectivity index (χ4v) is 7.94. The van der Waals surface area contributed by atoms with Gasteiger partial charge in [-0.15, -0.1) is 0 Å². The molecule has 0 radical (unpaired) electrons. The summed E-state index contributed by atoms with van der Waals surface area (Å²) in [6.45, 7) is 22.3. The highest BCUT2D eigenvalue weighted by Crippen LogP contribution is 2.49. The molecule has 8 atom stereocenters. The molecule has 18 nitrogen and oxygen atoms in total. The molecule has 0 saturated carbocycles. The van der Waals surface area contributed by atoms with E-state index in [-0.39, 0.29) is 79.9 Å². The van der Waals surface area contributed by atoms with Gasteiger partial charge in [-0.1, -0.05) is 62.3 Å². The number of ether oxygens (including phenoxy) is 8. The summed E-state index contributed by atoms with van der Waals surface area (Å²) in [7, 11) is 3.95. The molecular formula is C40H65N3O15. The van der Waals surface area contributed by atoms with Crippen LogP contribution >= 0.6 is 0 Å². The predicted molar refractivity (Wildman–Crippen MR) is 205 cm³/mol. The quantitative estimate of drug-likeness (QED) is 0.212. The highest BCUT2D eigenvalue weighted by Gasteiger charge is 2.66. The summed E-state index contributed by atoms with van der Waals surface area (Å²) in [5.41, 5.74) is -2.35. The lowest BCUT2D eigenvalue weighted by molar-refractivity contribution is -0.166. The number of esters is 5. The maximum absolute atomic E-state index is 12.4. The van der Waals surface area contributed by atoms with Crippen molar-refractivity contribution in [2.75, 3.05) is 54.4 Å². The van der Waals surface area contributed by atoms with Crippen LogP contribution < -0.4 is 0 Å². The van der Waals surface area contributed by atoms with Gasteiger partial charge in [-0.05, 0) is 20.3 Å². The van der Waals surface area contributed by atoms with Crippen molar-refractivity contribution in [2.24, 2.45) is 22.2 Å². The van der Waals surface area contributed by atoms with Crippen LogP contribution in [0.25, 0.3) is 0 Å². The van der Waals surface area contributed by atoms with Gasteiger partial charge in [0, 0.05) is 28.9 Å². The first-order valence-corrected chi connectivity index (χ1v) is 19.5. The van der Waals surface area contributed by atoms with Crippen molar-refractivity contribution >= 4 is 36.3 Å². The third-order valence-corrected chi connectivity index (χ3v) is 10.6. The number of carbonyl (C=O) groups is 6. The van der Waals surface area contributed by atoms with Gasteiger partial charge in [-0.3, -0.25) is 9.59 Å². The van der Waals surface area contributed by atoms with Crippen molar-refractivity contribution in [3.8, 4) is 0 Å². The number of hydrogen-bond donors (Lipinski definition) is 1. The van der Waals surface area contributed by atoms with Crippen LogP contribution in [0.15, 0.2) is 11.8 Å². The molecule has 0 aromatic heterocycles. The standard InChI is InChI=1S/C15H25NO6.C15H23NO5.C10H17NO4/c1-6-21-11(18)9-7-15(13(19)20-5)8-22-12(14(2,3)4)16(15)10(9)17;1-6-20-11(17)10-7-15(13(18)19-5)9-21-12(14(2,3)4)16(15)8-10;1-10(2,3)9-11(6-12)7(5-15-9)8(13)14-4/h9-10,12,17H,6-8H2,1-5H3;8,12H,6-7,9H2,1-5H3;6-7,9H,5H2,1-4H3/t9?,10?,12-,15+;12-,15+;7-,9+/m001/s1. The monoisotopic (exact) mass is 827 g/mol. The highest BCUT2D eigenvalue weighted by atomic mass is 16.6. The van der Waals surface area contributed by atoms with E-state index in [2.05, 4.69) is 4.74 Å². The lowest BCUT2D eigenvalue weighted by atomic mass is 9.91. The van der Waals surface area contributed by atoms with Gasteiger partial charge >= 0.3 is 29.8 Å². The van der Waals surface area contributed by atoms with Crippen LogP contribution in [0, 0.1) is 22.2 Å². The number of amides is 1. The number of aliphatic hydroxyl groups excluding tert-OH is 1. The average Bonchev–Trinajstić information content (AvgIpc) is 3.96. The van der Waals surface area contributed by atoms with E-state index in [1.54, 1.807) is 24.9 Å². The van der Waals surface area contributed by atoms with E-state index in [1.165, 1.54) is 26.2 Å². The maximum atomic E-state index is 12.4. The molecule has 2 unspecified atom stereocenters. The van der Waals surface area contributed by atoms with Crippen molar-refractivity contribution in [3.63, 3.8) is 0 Å². The molecule has 5 aliphatic rings. The predicted octanol–water partition coefficient (Wildman–Crippen LogP) is 2.35. The average molecular weight is 828 g/mol. The van der Waals surface area contributed by atoms with Crippen LogP contribution in [-0.4, -0.2) is 152 Å². The van der Waals surface area contributed by atoms with Crippen molar-refractivity contribution in [1.82, 2.24) is 14.7 Å². The smallest absolute Gasteiger partial charge is 0.335 e. The Kier molecular flexibility index (Phi) is 15.6. The second-order valence-corrected chi connectivity index (χ2v) is 18.1. The molecule has 5 rings (SSSR count). The van der Waals surface area contributed by atoms with E-state index in [9.17, 15) is 33.9 Å². The lowest BCUT2D eigenvalue weighted by Gasteiger charge is -2.38. The zero-order valence-electron chi connectivity index (χ0n) is 36.6. The fraction of sp³-hybridized carbons (Fsp3) is 0.800. The lowest BCUT2D eigenvalue weighted by Crippen LogP contribution is -2.56. The Morgan fingerprint density at radius 3 is 1.76 bits per heavy atom. The van der Waals surface area contributed by atoms with E-state index in [0.717, 1.165) is 0 Å². The second kappa shape index (κ2) is 18.6. The van der Waals surface area contributed by atoms with Crippen LogP contribution in [0.5, 0.6) is 0 Å². The van der Waals surface area contributed by atoms with Crippen LogP contribution in [0.4, 0.5) is 0 Å². The SMILES string of the molecule is CCOC(=O)C1=CN2[C@H](C(C)(C)C)OC[C@@]2(C(=O)OC)C1.CCOC(=O)C1C[C@]2(C(=O)OC)CO[C@@H](C(C)(C)C)N2C1O.COC(=O)[C@H]1CO[C@@H](C(C)(C)C)N1C=O. The number of methoxy groups -OCH3 is 3. The molecule has 0 aromatic carbocycles. The molecule has 18 heteroatoms. The summed E-state index contributed by atoms with van der Waals surface area (Å²) in [5.74, 6) is -2.99. The molecule has 330 valence electrons. The Hall–Kier alpha value is -3.84. The minimum Gasteiger partial charge on any atom is -0.468 e. The Balaban J connectivity index is 0.000000237. The first-order chi connectivity index (χ1) is 26.9. The Bertz CT molecular complexity index is 1550. The first-order valence-electron chi connectivity index (χ1n) is 19.5. The van der Waals surface area contributed by atoms with Crippen molar-refractivity contribution in [2.45, 2.75) is 131 Å². The van der Waals surface area contributed by atoms with Gasteiger partial charge < -0.3 is 52.8 Å². The van der Waals surface area contributed by atoms with Gasteiger partial charge in [0.05, 0.1) is 65.9 Å². The van der Waals surface area contributed by atoms with Gasteiger partial charge in [0.25, 0.3) is 0 Å². The summed E-state index contributed by atoms with van der Waals surface area (Å²) in [6, 6.07) is -0.614. The largest absolute Gasteiger partial charge is 0.468 e. The molecule has 4 fully saturated rings. The second-order valence-electron chi connectivity index (χ2n) is 18.1. The first kappa shape index (κ1) is 48.5. The summed E-state index contributed by atoms with van der Waals surface area (Å²) >= 11 is 0. The third kappa shape index (κ3) is 9.61. The molecule has 5 aliphatic heterocycles. The van der Waals surface area contributed by atoms with Crippen LogP contribution in [0.2, 0.25) is 0 Å². The van der Waals surface area contributed by atoms with E-state index in [0.29, 0.717) is 18.6 Å². The van der Waals surface area contributed by atoms with Crippen LogP contribution in [0.1, 0.15) is 89.0 Å².